The molecule has 0 amide bonds. The molecule has 7 rings (SSSR count). The van der Waals surface area contributed by atoms with Gasteiger partial charge in [0.1, 0.15) is 6.07 Å². The number of aromatic nitrogens is 1. The molecule has 0 fully saturated rings. The van der Waals surface area contributed by atoms with E-state index in [0.717, 1.165) is 56.4 Å². The normalized spacial score (nSPS) is 11.9. The molecule has 4 heteroatoms. The molecule has 0 aliphatic carbocycles. The average molecular weight is 513 g/mol. The van der Waals surface area contributed by atoms with Gasteiger partial charge in [0.25, 0.3) is 0 Å². The van der Waals surface area contributed by atoms with Gasteiger partial charge in [0.15, 0.2) is 0 Å². The monoisotopic (exact) mass is 512 g/mol. The molecule has 0 bridgehead atoms. The van der Waals surface area contributed by atoms with Crippen LogP contribution in [0.25, 0.3) is 22.3 Å². The number of hydrogen-bond donors (Lipinski definition) is 0. The summed E-state index contributed by atoms with van der Waals surface area (Å²) in [5.41, 5.74) is 11.1. The smallest absolute Gasteiger partial charge is 0.101 e. The molecule has 5 aromatic carbocycles. The zero-order chi connectivity index (χ0) is 26.9. The number of rotatable bonds is 4. The second kappa shape index (κ2) is 9.90. The summed E-state index contributed by atoms with van der Waals surface area (Å²) in [5, 5.41) is 9.83. The number of nitriles is 1. The van der Waals surface area contributed by atoms with Crippen molar-refractivity contribution >= 4 is 34.1 Å². The number of para-hydroxylation sites is 6. The van der Waals surface area contributed by atoms with E-state index in [2.05, 4.69) is 136 Å². The second-order valence-electron chi connectivity index (χ2n) is 9.58. The lowest BCUT2D eigenvalue weighted by Crippen LogP contribution is -2.24. The highest BCUT2D eigenvalue weighted by Gasteiger charge is 2.31. The summed E-state index contributed by atoms with van der Waals surface area (Å²) in [6.07, 6.45) is 3.38. The van der Waals surface area contributed by atoms with Crippen molar-refractivity contribution in [3.8, 4) is 28.3 Å². The van der Waals surface area contributed by atoms with Crippen LogP contribution in [0.3, 0.4) is 0 Å². The molecule has 40 heavy (non-hydrogen) atoms. The van der Waals surface area contributed by atoms with E-state index in [1.165, 1.54) is 0 Å². The van der Waals surface area contributed by atoms with Crippen molar-refractivity contribution in [2.45, 2.75) is 0 Å². The van der Waals surface area contributed by atoms with Gasteiger partial charge in [-0.3, -0.25) is 4.98 Å². The maximum atomic E-state index is 9.83. The van der Waals surface area contributed by atoms with Gasteiger partial charge in [-0.2, -0.15) is 5.26 Å². The van der Waals surface area contributed by atoms with Crippen molar-refractivity contribution in [2.24, 2.45) is 0 Å². The van der Waals surface area contributed by atoms with Gasteiger partial charge in [-0.25, -0.2) is 0 Å². The van der Waals surface area contributed by atoms with E-state index < -0.39 is 0 Å². The molecule has 1 aromatic heterocycles. The van der Waals surface area contributed by atoms with E-state index in [1.54, 1.807) is 12.4 Å². The van der Waals surface area contributed by atoms with Crippen molar-refractivity contribution in [3.63, 3.8) is 0 Å². The Hall–Kier alpha value is -5.66. The number of hydrogen-bond acceptors (Lipinski definition) is 4. The van der Waals surface area contributed by atoms with Gasteiger partial charge < -0.3 is 9.80 Å². The Kier molecular flexibility index (Phi) is 5.81. The molecular weight excluding hydrogens is 488 g/mol. The maximum absolute atomic E-state index is 9.83. The SMILES string of the molecule is N#Cc1cnccc1-c1ccccc1-c1ccccc1N1c2ccccc2N(c2ccccc2)c2ccccc21. The van der Waals surface area contributed by atoms with E-state index in [0.29, 0.717) is 5.56 Å². The Balaban J connectivity index is 1.48. The molecule has 188 valence electrons. The van der Waals surface area contributed by atoms with Crippen LogP contribution in [0, 0.1) is 11.3 Å². The molecule has 0 atom stereocenters. The fraction of sp³-hybridized carbons (Fsp3) is 0. The van der Waals surface area contributed by atoms with Crippen LogP contribution in [0.1, 0.15) is 5.56 Å². The summed E-state index contributed by atoms with van der Waals surface area (Å²) in [5.74, 6) is 0. The minimum atomic E-state index is 0.555. The number of pyridine rings is 1. The lowest BCUT2D eigenvalue weighted by Gasteiger charge is -2.41. The Morgan fingerprint density at radius 1 is 0.450 bits per heavy atom. The van der Waals surface area contributed by atoms with Crippen molar-refractivity contribution in [1.29, 1.82) is 5.26 Å². The molecule has 0 unspecified atom stereocenters. The van der Waals surface area contributed by atoms with Gasteiger partial charge in [0.2, 0.25) is 0 Å². The number of fused-ring (bicyclic) bond motifs is 2. The Morgan fingerprint density at radius 3 is 1.52 bits per heavy atom. The average Bonchev–Trinajstić information content (AvgIpc) is 3.04. The third kappa shape index (κ3) is 3.81. The van der Waals surface area contributed by atoms with Gasteiger partial charge in [0, 0.05) is 29.2 Å². The van der Waals surface area contributed by atoms with E-state index in [-0.39, 0.29) is 0 Å². The molecule has 0 N–H and O–H groups in total. The van der Waals surface area contributed by atoms with Gasteiger partial charge >= 0.3 is 0 Å². The highest BCUT2D eigenvalue weighted by molar-refractivity contribution is 6.04. The Bertz CT molecular complexity index is 1840. The summed E-state index contributed by atoms with van der Waals surface area (Å²) >= 11 is 0. The predicted octanol–water partition coefficient (Wildman–Crippen LogP) is 9.54. The van der Waals surface area contributed by atoms with Crippen molar-refractivity contribution in [3.05, 3.63) is 151 Å². The van der Waals surface area contributed by atoms with Gasteiger partial charge in [-0.1, -0.05) is 84.9 Å². The van der Waals surface area contributed by atoms with Gasteiger partial charge in [-0.15, -0.1) is 0 Å². The van der Waals surface area contributed by atoms with E-state index in [9.17, 15) is 5.26 Å². The van der Waals surface area contributed by atoms with Crippen LogP contribution in [0.2, 0.25) is 0 Å². The fourth-order valence-electron chi connectivity index (χ4n) is 5.63. The molecule has 4 nitrogen and oxygen atoms in total. The lowest BCUT2D eigenvalue weighted by atomic mass is 9.91. The van der Waals surface area contributed by atoms with Crippen LogP contribution in [0.4, 0.5) is 34.1 Å². The number of nitrogens with zero attached hydrogens (tertiary/aromatic N) is 4. The molecule has 0 saturated heterocycles. The first-order valence-corrected chi connectivity index (χ1v) is 13.2. The predicted molar refractivity (Wildman–Crippen MR) is 163 cm³/mol. The number of benzene rings is 5. The van der Waals surface area contributed by atoms with Crippen molar-refractivity contribution in [1.82, 2.24) is 4.98 Å². The molecular formula is C36H24N4. The first-order valence-electron chi connectivity index (χ1n) is 13.2. The standard InChI is InChI=1S/C36H24N4/c37-24-26-25-38-23-22-28(26)29-14-4-5-15-30(29)31-16-6-7-17-32(31)40-35-20-10-8-18-33(35)39(27-12-2-1-3-13-27)34-19-9-11-21-36(34)40/h1-23,25H. The van der Waals surface area contributed by atoms with Crippen LogP contribution >= 0.6 is 0 Å². The van der Waals surface area contributed by atoms with Crippen LogP contribution in [0.15, 0.2) is 146 Å². The van der Waals surface area contributed by atoms with Crippen LogP contribution in [-0.4, -0.2) is 4.98 Å². The third-order valence-corrected chi connectivity index (χ3v) is 7.34. The quantitative estimate of drug-likeness (QED) is 0.235. The zero-order valence-electron chi connectivity index (χ0n) is 21.6. The van der Waals surface area contributed by atoms with E-state index in [1.807, 2.05) is 18.2 Å². The molecule has 6 aromatic rings. The maximum Gasteiger partial charge on any atom is 0.101 e. The second-order valence-corrected chi connectivity index (χ2v) is 9.58. The molecule has 2 heterocycles. The number of anilines is 6. The van der Waals surface area contributed by atoms with Crippen molar-refractivity contribution < 1.29 is 0 Å². The van der Waals surface area contributed by atoms with Crippen LogP contribution in [-0.2, 0) is 0 Å². The van der Waals surface area contributed by atoms with Gasteiger partial charge in [-0.05, 0) is 59.7 Å². The highest BCUT2D eigenvalue weighted by Crippen LogP contribution is 2.55. The molecule has 1 aliphatic heterocycles. The highest BCUT2D eigenvalue weighted by atomic mass is 15.3. The topological polar surface area (TPSA) is 43.2 Å². The van der Waals surface area contributed by atoms with Crippen LogP contribution < -0.4 is 9.80 Å². The first-order chi connectivity index (χ1) is 19.8. The first kappa shape index (κ1) is 23.5. The van der Waals surface area contributed by atoms with E-state index in [4.69, 9.17) is 0 Å². The van der Waals surface area contributed by atoms with E-state index >= 15 is 0 Å². The van der Waals surface area contributed by atoms with Gasteiger partial charge in [0.05, 0.1) is 34.0 Å². The lowest BCUT2D eigenvalue weighted by molar-refractivity contribution is 1.17. The molecule has 0 saturated carbocycles. The Morgan fingerprint density at radius 2 is 0.925 bits per heavy atom. The minimum Gasteiger partial charge on any atom is -0.306 e. The third-order valence-electron chi connectivity index (χ3n) is 7.34. The molecule has 1 aliphatic rings. The summed E-state index contributed by atoms with van der Waals surface area (Å²) in [6.45, 7) is 0. The summed E-state index contributed by atoms with van der Waals surface area (Å²) in [6, 6.07) is 48.6. The minimum absolute atomic E-state index is 0.555. The Labute approximate surface area is 233 Å². The summed E-state index contributed by atoms with van der Waals surface area (Å²) in [7, 11) is 0. The van der Waals surface area contributed by atoms with Crippen LogP contribution in [0.5, 0.6) is 0 Å². The van der Waals surface area contributed by atoms with Crippen molar-refractivity contribution in [2.75, 3.05) is 9.80 Å². The summed E-state index contributed by atoms with van der Waals surface area (Å²) < 4.78 is 0. The zero-order valence-corrected chi connectivity index (χ0v) is 21.6. The largest absolute Gasteiger partial charge is 0.306 e. The molecule has 0 spiro atoms. The fourth-order valence-corrected chi connectivity index (χ4v) is 5.63. The molecule has 0 radical (unpaired) electrons. The summed E-state index contributed by atoms with van der Waals surface area (Å²) in [4.78, 5) is 8.86.